The van der Waals surface area contributed by atoms with Gasteiger partial charge in [-0.25, -0.2) is 0 Å². The molecule has 94 valence electrons. The minimum atomic E-state index is 0.527. The molecule has 0 heterocycles. The van der Waals surface area contributed by atoms with Gasteiger partial charge in [-0.1, -0.05) is 47.3 Å². The fourth-order valence-corrected chi connectivity index (χ4v) is 1.81. The van der Waals surface area contributed by atoms with Crippen LogP contribution in [0, 0.1) is 0 Å². The Balaban J connectivity index is 0.00000121. The summed E-state index contributed by atoms with van der Waals surface area (Å²) in [5, 5.41) is 0. The van der Waals surface area contributed by atoms with Gasteiger partial charge in [0, 0.05) is 0 Å². The molecule has 0 amide bonds. The number of aryl methyl sites for hydroxylation is 1. The van der Waals surface area contributed by atoms with E-state index in [2.05, 4.69) is 51.2 Å². The third kappa shape index (κ3) is 3.85. The van der Waals surface area contributed by atoms with Crippen LogP contribution in [0.4, 0.5) is 5.69 Å². The minimum absolute atomic E-state index is 0.527. The molecule has 17 heavy (non-hydrogen) atoms. The molecule has 0 aromatic heterocycles. The molecule has 0 N–H and O–H groups in total. The van der Waals surface area contributed by atoms with E-state index in [4.69, 9.17) is 0 Å². The Morgan fingerprint density at radius 2 is 1.88 bits per heavy atom. The number of nitrogens with zero attached hydrogens (tertiary/aromatic N) is 1. The van der Waals surface area contributed by atoms with E-state index >= 15 is 0 Å². The summed E-state index contributed by atoms with van der Waals surface area (Å²) in [6.07, 6.45) is 2.89. The highest BCUT2D eigenvalue weighted by Gasteiger charge is 2.09. The van der Waals surface area contributed by atoms with Gasteiger partial charge in [0.1, 0.15) is 0 Å². The van der Waals surface area contributed by atoms with Crippen molar-refractivity contribution in [3.63, 3.8) is 0 Å². The lowest BCUT2D eigenvalue weighted by Gasteiger charge is -2.14. The SMILES string of the molecule is C=Cc1cc(CC)c(C(C)C)cc1N=C.CC. The zero-order chi connectivity index (χ0) is 13.4. The molecular weight excluding hydrogens is 206 g/mol. The van der Waals surface area contributed by atoms with E-state index in [0.29, 0.717) is 5.92 Å². The zero-order valence-corrected chi connectivity index (χ0v) is 11.9. The summed E-state index contributed by atoms with van der Waals surface area (Å²) in [5.74, 6) is 0.527. The summed E-state index contributed by atoms with van der Waals surface area (Å²) in [5.41, 5.74) is 4.76. The number of rotatable bonds is 4. The molecule has 0 unspecified atom stereocenters. The molecule has 0 spiro atoms. The molecule has 1 nitrogen and oxygen atoms in total. The molecule has 0 fully saturated rings. The molecule has 0 atom stereocenters. The average Bonchev–Trinajstić information content (AvgIpc) is 2.39. The Morgan fingerprint density at radius 1 is 1.29 bits per heavy atom. The van der Waals surface area contributed by atoms with Crippen molar-refractivity contribution in [2.45, 2.75) is 47.0 Å². The van der Waals surface area contributed by atoms with E-state index in [1.165, 1.54) is 11.1 Å². The second kappa shape index (κ2) is 7.83. The molecule has 1 aromatic carbocycles. The van der Waals surface area contributed by atoms with E-state index in [1.54, 1.807) is 0 Å². The Labute approximate surface area is 106 Å². The minimum Gasteiger partial charge on any atom is -0.264 e. The molecule has 1 rings (SSSR count). The van der Waals surface area contributed by atoms with Crippen LogP contribution in [-0.2, 0) is 6.42 Å². The third-order valence-electron chi connectivity index (χ3n) is 2.68. The van der Waals surface area contributed by atoms with Gasteiger partial charge in [-0.15, -0.1) is 0 Å². The smallest absolute Gasteiger partial charge is 0.0697 e. The van der Waals surface area contributed by atoms with E-state index < -0.39 is 0 Å². The Kier molecular flexibility index (Phi) is 7.20. The third-order valence-corrected chi connectivity index (χ3v) is 2.68. The fraction of sp³-hybridized carbons (Fsp3) is 0.438. The topological polar surface area (TPSA) is 12.4 Å². The van der Waals surface area contributed by atoms with Gasteiger partial charge >= 0.3 is 0 Å². The van der Waals surface area contributed by atoms with Crippen LogP contribution in [0.15, 0.2) is 23.7 Å². The van der Waals surface area contributed by atoms with Crippen LogP contribution in [0.5, 0.6) is 0 Å². The van der Waals surface area contributed by atoms with Crippen molar-refractivity contribution in [3.05, 3.63) is 35.4 Å². The molecule has 1 heteroatoms. The normalized spacial score (nSPS) is 9.53. The monoisotopic (exact) mass is 231 g/mol. The Bertz CT molecular complexity index is 375. The molecule has 0 saturated heterocycles. The summed E-state index contributed by atoms with van der Waals surface area (Å²) in [7, 11) is 0. The highest BCUT2D eigenvalue weighted by atomic mass is 14.7. The molecular formula is C16H25N. The van der Waals surface area contributed by atoms with Crippen LogP contribution in [0.3, 0.4) is 0 Å². The van der Waals surface area contributed by atoms with Crippen molar-refractivity contribution in [3.8, 4) is 0 Å². The largest absolute Gasteiger partial charge is 0.264 e. The fourth-order valence-electron chi connectivity index (χ4n) is 1.81. The van der Waals surface area contributed by atoms with Crippen molar-refractivity contribution >= 4 is 18.5 Å². The van der Waals surface area contributed by atoms with Gasteiger partial charge in [0.2, 0.25) is 0 Å². The Morgan fingerprint density at radius 3 is 2.24 bits per heavy atom. The Hall–Kier alpha value is -1.37. The zero-order valence-electron chi connectivity index (χ0n) is 11.9. The first-order valence-electron chi connectivity index (χ1n) is 6.40. The van der Waals surface area contributed by atoms with Gasteiger partial charge in [0.25, 0.3) is 0 Å². The lowest BCUT2D eigenvalue weighted by atomic mass is 9.93. The molecule has 0 aliphatic rings. The van der Waals surface area contributed by atoms with Crippen LogP contribution < -0.4 is 0 Å². The van der Waals surface area contributed by atoms with E-state index in [1.807, 2.05) is 19.9 Å². The number of hydrogen-bond acceptors (Lipinski definition) is 1. The van der Waals surface area contributed by atoms with Crippen LogP contribution in [0.1, 0.15) is 57.2 Å². The molecule has 0 radical (unpaired) electrons. The summed E-state index contributed by atoms with van der Waals surface area (Å²) in [6, 6.07) is 4.31. The van der Waals surface area contributed by atoms with E-state index in [0.717, 1.165) is 17.7 Å². The number of hydrogen-bond donors (Lipinski definition) is 0. The van der Waals surface area contributed by atoms with E-state index in [-0.39, 0.29) is 0 Å². The molecule has 0 bridgehead atoms. The summed E-state index contributed by atoms with van der Waals surface area (Å²) in [4.78, 5) is 4.04. The van der Waals surface area contributed by atoms with Gasteiger partial charge in [-0.05, 0) is 47.9 Å². The quantitative estimate of drug-likeness (QED) is 0.617. The highest BCUT2D eigenvalue weighted by molar-refractivity contribution is 5.67. The summed E-state index contributed by atoms with van der Waals surface area (Å²) in [6.45, 7) is 18.0. The predicted octanol–water partition coefficient (Wildman–Crippen LogP) is 5.37. The molecule has 1 aromatic rings. The van der Waals surface area contributed by atoms with Gasteiger partial charge in [-0.3, -0.25) is 4.99 Å². The van der Waals surface area contributed by atoms with Gasteiger partial charge < -0.3 is 0 Å². The summed E-state index contributed by atoms with van der Waals surface area (Å²) >= 11 is 0. The second-order valence-electron chi connectivity index (χ2n) is 3.98. The first-order valence-corrected chi connectivity index (χ1v) is 6.40. The van der Waals surface area contributed by atoms with Crippen LogP contribution in [-0.4, -0.2) is 6.72 Å². The van der Waals surface area contributed by atoms with Gasteiger partial charge in [0.15, 0.2) is 0 Å². The molecule has 0 aliphatic heterocycles. The summed E-state index contributed by atoms with van der Waals surface area (Å²) < 4.78 is 0. The second-order valence-corrected chi connectivity index (χ2v) is 3.98. The predicted molar refractivity (Wildman–Crippen MR) is 80.6 cm³/mol. The van der Waals surface area contributed by atoms with Gasteiger partial charge in [-0.2, -0.15) is 0 Å². The van der Waals surface area contributed by atoms with E-state index in [9.17, 15) is 0 Å². The van der Waals surface area contributed by atoms with Crippen molar-refractivity contribution in [1.82, 2.24) is 0 Å². The van der Waals surface area contributed by atoms with Crippen molar-refractivity contribution in [1.29, 1.82) is 0 Å². The number of aliphatic imine (C=N–C) groups is 1. The maximum absolute atomic E-state index is 4.04. The van der Waals surface area contributed by atoms with Crippen LogP contribution in [0.25, 0.3) is 6.08 Å². The van der Waals surface area contributed by atoms with Gasteiger partial charge in [0.05, 0.1) is 5.69 Å². The first kappa shape index (κ1) is 15.6. The maximum atomic E-state index is 4.04. The van der Waals surface area contributed by atoms with Crippen LogP contribution in [0.2, 0.25) is 0 Å². The first-order chi connectivity index (χ1) is 8.13. The highest BCUT2D eigenvalue weighted by Crippen LogP contribution is 2.29. The van der Waals surface area contributed by atoms with Crippen LogP contribution >= 0.6 is 0 Å². The lowest BCUT2D eigenvalue weighted by Crippen LogP contribution is -1.96. The maximum Gasteiger partial charge on any atom is 0.0697 e. The molecule has 0 aliphatic carbocycles. The van der Waals surface area contributed by atoms with Crippen molar-refractivity contribution in [2.24, 2.45) is 4.99 Å². The van der Waals surface area contributed by atoms with Crippen molar-refractivity contribution < 1.29 is 0 Å². The standard InChI is InChI=1S/C14H19N.C2H6/c1-6-11-8-12(7-2)14(15-5)9-13(11)10(3)4;1-2/h7-10H,2,5-6H2,1,3-4H3;1-2H3. The van der Waals surface area contributed by atoms with Crippen molar-refractivity contribution in [2.75, 3.05) is 0 Å². The number of benzene rings is 1. The average molecular weight is 231 g/mol. The lowest BCUT2D eigenvalue weighted by molar-refractivity contribution is 0.844. The molecule has 0 saturated carbocycles.